The van der Waals surface area contributed by atoms with Crippen LogP contribution < -0.4 is 5.32 Å². The Labute approximate surface area is 93.2 Å². The van der Waals surface area contributed by atoms with Gasteiger partial charge in [-0.05, 0) is 43.0 Å². The maximum absolute atomic E-state index is 4.05. The van der Waals surface area contributed by atoms with Crippen molar-refractivity contribution in [2.24, 2.45) is 0 Å². The van der Waals surface area contributed by atoms with Crippen LogP contribution >= 0.6 is 11.3 Å². The van der Waals surface area contributed by atoms with Crippen LogP contribution in [-0.2, 0) is 6.54 Å². The van der Waals surface area contributed by atoms with Gasteiger partial charge in [-0.25, -0.2) is 0 Å². The van der Waals surface area contributed by atoms with Crippen molar-refractivity contribution in [1.29, 1.82) is 0 Å². The van der Waals surface area contributed by atoms with E-state index in [0.717, 1.165) is 18.1 Å². The first-order chi connectivity index (χ1) is 7.25. The summed E-state index contributed by atoms with van der Waals surface area (Å²) in [6.07, 6.45) is 0. The minimum Gasteiger partial charge on any atom is -0.364 e. The molecule has 15 heavy (non-hydrogen) atoms. The zero-order valence-corrected chi connectivity index (χ0v) is 9.64. The molecule has 0 atom stereocenters. The van der Waals surface area contributed by atoms with Crippen LogP contribution in [0.3, 0.4) is 0 Å². The largest absolute Gasteiger partial charge is 0.364 e. The van der Waals surface area contributed by atoms with E-state index >= 15 is 0 Å². The average Bonchev–Trinajstić information content (AvgIpc) is 2.63. The van der Waals surface area contributed by atoms with E-state index in [4.69, 9.17) is 0 Å². The molecule has 3 nitrogen and oxygen atoms in total. The molecule has 0 aliphatic heterocycles. The van der Waals surface area contributed by atoms with Gasteiger partial charge in [0.25, 0.3) is 0 Å². The SMILES string of the molecule is Cc1ccc(NCc2sccc2C)nn1. The molecule has 0 aromatic carbocycles. The quantitative estimate of drug-likeness (QED) is 0.862. The Balaban J connectivity index is 1.99. The highest BCUT2D eigenvalue weighted by Crippen LogP contribution is 2.16. The molecule has 0 bridgehead atoms. The third-order valence-corrected chi connectivity index (χ3v) is 3.22. The molecule has 0 aliphatic rings. The first-order valence-electron chi connectivity index (χ1n) is 4.83. The van der Waals surface area contributed by atoms with Crippen molar-refractivity contribution in [2.45, 2.75) is 20.4 Å². The molecule has 1 N–H and O–H groups in total. The van der Waals surface area contributed by atoms with Crippen LogP contribution in [-0.4, -0.2) is 10.2 Å². The molecule has 0 amide bonds. The van der Waals surface area contributed by atoms with Gasteiger partial charge in [0.05, 0.1) is 12.2 Å². The summed E-state index contributed by atoms with van der Waals surface area (Å²) in [6, 6.07) is 6.03. The molecule has 0 radical (unpaired) electrons. The van der Waals surface area contributed by atoms with E-state index in [1.165, 1.54) is 10.4 Å². The lowest BCUT2D eigenvalue weighted by molar-refractivity contribution is 0.965. The van der Waals surface area contributed by atoms with Gasteiger partial charge in [-0.1, -0.05) is 0 Å². The predicted molar refractivity (Wildman–Crippen MR) is 63.2 cm³/mol. The van der Waals surface area contributed by atoms with Crippen LogP contribution in [0.1, 0.15) is 16.1 Å². The van der Waals surface area contributed by atoms with E-state index in [9.17, 15) is 0 Å². The lowest BCUT2D eigenvalue weighted by Crippen LogP contribution is -2.02. The highest BCUT2D eigenvalue weighted by molar-refractivity contribution is 7.10. The zero-order valence-electron chi connectivity index (χ0n) is 8.82. The van der Waals surface area contributed by atoms with Gasteiger partial charge >= 0.3 is 0 Å². The summed E-state index contributed by atoms with van der Waals surface area (Å²) < 4.78 is 0. The normalized spacial score (nSPS) is 10.3. The second kappa shape index (κ2) is 4.40. The van der Waals surface area contributed by atoms with Crippen LogP contribution in [0.2, 0.25) is 0 Å². The molecule has 2 aromatic heterocycles. The van der Waals surface area contributed by atoms with Gasteiger partial charge in [0.2, 0.25) is 0 Å². The number of aromatic nitrogens is 2. The first-order valence-corrected chi connectivity index (χ1v) is 5.71. The Morgan fingerprint density at radius 2 is 2.07 bits per heavy atom. The highest BCUT2D eigenvalue weighted by Gasteiger charge is 2.00. The van der Waals surface area contributed by atoms with Crippen molar-refractivity contribution in [1.82, 2.24) is 10.2 Å². The van der Waals surface area contributed by atoms with Crippen molar-refractivity contribution in [2.75, 3.05) is 5.32 Å². The summed E-state index contributed by atoms with van der Waals surface area (Å²) in [5.74, 6) is 0.827. The molecule has 0 saturated heterocycles. The first kappa shape index (κ1) is 10.1. The number of rotatable bonds is 3. The van der Waals surface area contributed by atoms with Crippen LogP contribution in [0.4, 0.5) is 5.82 Å². The van der Waals surface area contributed by atoms with Crippen molar-refractivity contribution in [3.63, 3.8) is 0 Å². The maximum atomic E-state index is 4.05. The Hall–Kier alpha value is -1.42. The molecule has 2 heterocycles. The molecule has 0 fully saturated rings. The van der Waals surface area contributed by atoms with Gasteiger partial charge in [-0.2, -0.15) is 5.10 Å². The topological polar surface area (TPSA) is 37.8 Å². The van der Waals surface area contributed by atoms with E-state index in [0.29, 0.717) is 0 Å². The van der Waals surface area contributed by atoms with Crippen molar-refractivity contribution in [3.05, 3.63) is 39.7 Å². The van der Waals surface area contributed by atoms with Gasteiger partial charge in [-0.3, -0.25) is 0 Å². The maximum Gasteiger partial charge on any atom is 0.148 e. The van der Waals surface area contributed by atoms with E-state index in [2.05, 4.69) is 33.9 Å². The van der Waals surface area contributed by atoms with E-state index < -0.39 is 0 Å². The average molecular weight is 219 g/mol. The van der Waals surface area contributed by atoms with Gasteiger partial charge in [0.15, 0.2) is 0 Å². The smallest absolute Gasteiger partial charge is 0.148 e. The fourth-order valence-electron chi connectivity index (χ4n) is 1.25. The lowest BCUT2D eigenvalue weighted by Gasteiger charge is -2.03. The minimum absolute atomic E-state index is 0.821. The predicted octanol–water partition coefficient (Wildman–Crippen LogP) is 2.77. The molecule has 2 aromatic rings. The molecule has 0 aliphatic carbocycles. The summed E-state index contributed by atoms with van der Waals surface area (Å²) >= 11 is 1.76. The van der Waals surface area contributed by atoms with Gasteiger partial charge in [0.1, 0.15) is 5.82 Å². The van der Waals surface area contributed by atoms with Crippen molar-refractivity contribution < 1.29 is 0 Å². The zero-order chi connectivity index (χ0) is 10.7. The number of hydrogen-bond donors (Lipinski definition) is 1. The third-order valence-electron chi connectivity index (χ3n) is 2.20. The Morgan fingerprint density at radius 3 is 2.67 bits per heavy atom. The highest BCUT2D eigenvalue weighted by atomic mass is 32.1. The monoisotopic (exact) mass is 219 g/mol. The van der Waals surface area contributed by atoms with Crippen molar-refractivity contribution >= 4 is 17.2 Å². The molecule has 0 saturated carbocycles. The fourth-order valence-corrected chi connectivity index (χ4v) is 2.10. The molecular weight excluding hydrogens is 206 g/mol. The van der Waals surface area contributed by atoms with Crippen LogP contribution in [0.15, 0.2) is 23.6 Å². The number of thiophene rings is 1. The second-order valence-corrected chi connectivity index (χ2v) is 4.44. The summed E-state index contributed by atoms with van der Waals surface area (Å²) in [5.41, 5.74) is 2.26. The Kier molecular flexibility index (Phi) is 2.97. The van der Waals surface area contributed by atoms with Crippen molar-refractivity contribution in [3.8, 4) is 0 Å². The molecule has 78 valence electrons. The number of anilines is 1. The Bertz CT molecular complexity index is 433. The van der Waals surface area contributed by atoms with Crippen LogP contribution in [0.5, 0.6) is 0 Å². The third kappa shape index (κ3) is 2.53. The lowest BCUT2D eigenvalue weighted by atomic mass is 10.3. The fraction of sp³-hybridized carbons (Fsp3) is 0.273. The Morgan fingerprint density at radius 1 is 1.20 bits per heavy atom. The van der Waals surface area contributed by atoms with Crippen LogP contribution in [0.25, 0.3) is 0 Å². The summed E-state index contributed by atoms with van der Waals surface area (Å²) in [4.78, 5) is 1.34. The standard InChI is InChI=1S/C11H13N3S/c1-8-5-6-15-10(8)7-12-11-4-3-9(2)13-14-11/h3-6H,7H2,1-2H3,(H,12,14). The van der Waals surface area contributed by atoms with Gasteiger partial charge in [0, 0.05) is 4.88 Å². The molecular formula is C11H13N3S. The molecule has 4 heteroatoms. The second-order valence-electron chi connectivity index (χ2n) is 3.44. The summed E-state index contributed by atoms with van der Waals surface area (Å²) in [7, 11) is 0. The van der Waals surface area contributed by atoms with E-state index in [1.807, 2.05) is 19.1 Å². The number of nitrogens with one attached hydrogen (secondary N) is 1. The molecule has 0 spiro atoms. The molecule has 0 unspecified atom stereocenters. The van der Waals surface area contributed by atoms with Gasteiger partial charge < -0.3 is 5.32 Å². The summed E-state index contributed by atoms with van der Waals surface area (Å²) in [5, 5.41) is 13.4. The number of aryl methyl sites for hydroxylation is 2. The van der Waals surface area contributed by atoms with E-state index in [-0.39, 0.29) is 0 Å². The van der Waals surface area contributed by atoms with Crippen LogP contribution in [0, 0.1) is 13.8 Å². The van der Waals surface area contributed by atoms with E-state index in [1.54, 1.807) is 11.3 Å². The molecule has 2 rings (SSSR count). The number of nitrogens with zero attached hydrogens (tertiary/aromatic N) is 2. The number of hydrogen-bond acceptors (Lipinski definition) is 4. The minimum atomic E-state index is 0.821. The van der Waals surface area contributed by atoms with Gasteiger partial charge in [-0.15, -0.1) is 16.4 Å². The summed E-state index contributed by atoms with van der Waals surface area (Å²) in [6.45, 7) is 4.87.